The van der Waals surface area contributed by atoms with Crippen LogP contribution in [0.1, 0.15) is 32.3 Å². The van der Waals surface area contributed by atoms with Crippen LogP contribution < -0.4 is 10.1 Å². The molecule has 0 heterocycles. The molecule has 0 aliphatic carbocycles. The molecule has 1 amide bonds. The van der Waals surface area contributed by atoms with Gasteiger partial charge in [0.05, 0.1) is 5.02 Å². The predicted octanol–water partition coefficient (Wildman–Crippen LogP) is 5.52. The van der Waals surface area contributed by atoms with Gasteiger partial charge in [-0.1, -0.05) is 49.2 Å². The highest BCUT2D eigenvalue weighted by Gasteiger charge is 2.16. The van der Waals surface area contributed by atoms with Gasteiger partial charge < -0.3 is 10.1 Å². The third kappa shape index (κ3) is 4.88. The summed E-state index contributed by atoms with van der Waals surface area (Å²) in [5.41, 5.74) is 1.96. The molecule has 2 rings (SSSR count). The van der Waals surface area contributed by atoms with E-state index in [9.17, 15) is 4.79 Å². The van der Waals surface area contributed by atoms with Crippen LogP contribution in [-0.4, -0.2) is 12.0 Å². The van der Waals surface area contributed by atoms with Crippen LogP contribution in [0.4, 0.5) is 5.69 Å². The molecule has 23 heavy (non-hydrogen) atoms. The average Bonchev–Trinajstić information content (AvgIpc) is 2.50. The first-order valence-corrected chi connectivity index (χ1v) is 8.15. The number of hydrogen-bond acceptors (Lipinski definition) is 2. The summed E-state index contributed by atoms with van der Waals surface area (Å²) in [6.07, 6.45) is -0.682. The second-order valence-corrected chi connectivity index (χ2v) is 6.44. The van der Waals surface area contributed by atoms with Crippen LogP contribution in [0.2, 0.25) is 10.0 Å². The lowest BCUT2D eigenvalue weighted by molar-refractivity contribution is -0.122. The highest BCUT2D eigenvalue weighted by molar-refractivity contribution is 6.35. The number of benzene rings is 2. The van der Waals surface area contributed by atoms with Crippen molar-refractivity contribution in [3.8, 4) is 5.75 Å². The van der Waals surface area contributed by atoms with Crippen molar-refractivity contribution >= 4 is 34.8 Å². The lowest BCUT2D eigenvalue weighted by Gasteiger charge is -2.16. The van der Waals surface area contributed by atoms with E-state index in [1.54, 1.807) is 25.1 Å². The van der Waals surface area contributed by atoms with Crippen molar-refractivity contribution in [2.45, 2.75) is 32.8 Å². The van der Waals surface area contributed by atoms with Crippen LogP contribution in [0.5, 0.6) is 5.75 Å². The zero-order chi connectivity index (χ0) is 17.0. The standard InChI is InChI=1S/C18H19Cl2NO2/c1-11(2)13-4-7-15(8-5-13)21-18(22)12(3)23-17-9-6-14(19)10-16(17)20/h4-12H,1-3H3,(H,21,22)/t12-/m1/s1. The number of amides is 1. The second-order valence-electron chi connectivity index (χ2n) is 5.60. The highest BCUT2D eigenvalue weighted by atomic mass is 35.5. The van der Waals surface area contributed by atoms with Crippen molar-refractivity contribution in [1.29, 1.82) is 0 Å². The summed E-state index contributed by atoms with van der Waals surface area (Å²) in [6, 6.07) is 12.7. The summed E-state index contributed by atoms with van der Waals surface area (Å²) in [5.74, 6) is 0.635. The first-order valence-electron chi connectivity index (χ1n) is 7.39. The maximum Gasteiger partial charge on any atom is 0.265 e. The first-order chi connectivity index (χ1) is 10.9. The van der Waals surface area contributed by atoms with E-state index in [0.717, 1.165) is 5.69 Å². The molecule has 122 valence electrons. The van der Waals surface area contributed by atoms with Gasteiger partial charge in [0.25, 0.3) is 5.91 Å². The Hall–Kier alpha value is -1.71. The van der Waals surface area contributed by atoms with Crippen LogP contribution in [0, 0.1) is 0 Å². The molecular weight excluding hydrogens is 333 g/mol. The maximum atomic E-state index is 12.2. The van der Waals surface area contributed by atoms with E-state index in [-0.39, 0.29) is 5.91 Å². The third-order valence-corrected chi connectivity index (χ3v) is 3.94. The van der Waals surface area contributed by atoms with Crippen molar-refractivity contribution in [2.75, 3.05) is 5.32 Å². The Morgan fingerprint density at radius 2 is 1.70 bits per heavy atom. The zero-order valence-corrected chi connectivity index (χ0v) is 14.8. The normalized spacial score (nSPS) is 12.1. The van der Waals surface area contributed by atoms with Gasteiger partial charge in [0.2, 0.25) is 0 Å². The van der Waals surface area contributed by atoms with Crippen molar-refractivity contribution in [1.82, 2.24) is 0 Å². The van der Waals surface area contributed by atoms with Crippen molar-refractivity contribution in [3.05, 3.63) is 58.1 Å². The van der Waals surface area contributed by atoms with Gasteiger partial charge in [0.1, 0.15) is 5.75 Å². The molecule has 5 heteroatoms. The molecule has 1 atom stereocenters. The molecule has 0 fully saturated rings. The quantitative estimate of drug-likeness (QED) is 0.769. The van der Waals surface area contributed by atoms with Gasteiger partial charge in [-0.3, -0.25) is 4.79 Å². The third-order valence-electron chi connectivity index (χ3n) is 3.41. The van der Waals surface area contributed by atoms with Crippen LogP contribution >= 0.6 is 23.2 Å². The Morgan fingerprint density at radius 1 is 1.04 bits per heavy atom. The van der Waals surface area contributed by atoms with E-state index in [1.165, 1.54) is 5.56 Å². The number of ether oxygens (including phenoxy) is 1. The Morgan fingerprint density at radius 3 is 2.26 bits per heavy atom. The van der Waals surface area contributed by atoms with Crippen molar-refractivity contribution < 1.29 is 9.53 Å². The average molecular weight is 352 g/mol. The Labute approximate surface area is 146 Å². The lowest BCUT2D eigenvalue weighted by atomic mass is 10.0. The van der Waals surface area contributed by atoms with Gasteiger partial charge in [-0.15, -0.1) is 0 Å². The summed E-state index contributed by atoms with van der Waals surface area (Å²) in [4.78, 5) is 12.2. The summed E-state index contributed by atoms with van der Waals surface area (Å²) >= 11 is 11.9. The van der Waals surface area contributed by atoms with Gasteiger partial charge in [0, 0.05) is 10.7 Å². The van der Waals surface area contributed by atoms with Crippen LogP contribution in [0.25, 0.3) is 0 Å². The summed E-state index contributed by atoms with van der Waals surface area (Å²) in [6.45, 7) is 5.92. The number of rotatable bonds is 5. The van der Waals surface area contributed by atoms with Gasteiger partial charge in [-0.2, -0.15) is 0 Å². The minimum Gasteiger partial charge on any atom is -0.479 e. The molecule has 0 aliphatic heterocycles. The molecule has 0 spiro atoms. The fourth-order valence-corrected chi connectivity index (χ4v) is 2.46. The van der Waals surface area contributed by atoms with Crippen molar-refractivity contribution in [3.63, 3.8) is 0 Å². The number of carbonyl (C=O) groups excluding carboxylic acids is 1. The van der Waals surface area contributed by atoms with Crippen molar-refractivity contribution in [2.24, 2.45) is 0 Å². The molecule has 0 saturated carbocycles. The molecule has 0 aliphatic rings. The van der Waals surface area contributed by atoms with Gasteiger partial charge in [-0.25, -0.2) is 0 Å². The number of hydrogen-bond donors (Lipinski definition) is 1. The van der Waals surface area contributed by atoms with Crippen LogP contribution in [-0.2, 0) is 4.79 Å². The monoisotopic (exact) mass is 351 g/mol. The van der Waals surface area contributed by atoms with Gasteiger partial charge in [0.15, 0.2) is 6.10 Å². The Bertz CT molecular complexity index is 684. The highest BCUT2D eigenvalue weighted by Crippen LogP contribution is 2.28. The topological polar surface area (TPSA) is 38.3 Å². The number of anilines is 1. The van der Waals surface area contributed by atoms with Gasteiger partial charge in [-0.05, 0) is 48.7 Å². The minimum absolute atomic E-state index is 0.242. The SMILES string of the molecule is CC(C)c1ccc(NC(=O)[C@@H](C)Oc2ccc(Cl)cc2Cl)cc1. The Balaban J connectivity index is 1.99. The summed E-state index contributed by atoms with van der Waals surface area (Å²) in [5, 5.41) is 3.72. The second kappa shape index (κ2) is 7.71. The largest absolute Gasteiger partial charge is 0.479 e. The first kappa shape index (κ1) is 17.6. The molecule has 2 aromatic rings. The number of halogens is 2. The van der Waals surface area contributed by atoms with E-state index < -0.39 is 6.10 Å². The summed E-state index contributed by atoms with van der Waals surface area (Å²) in [7, 11) is 0. The molecule has 0 radical (unpaired) electrons. The molecular formula is C18H19Cl2NO2. The van der Waals surface area contributed by atoms with Crippen LogP contribution in [0.3, 0.4) is 0 Å². The molecule has 0 saturated heterocycles. The molecule has 0 aromatic heterocycles. The fraction of sp³-hybridized carbons (Fsp3) is 0.278. The molecule has 1 N–H and O–H groups in total. The molecule has 3 nitrogen and oxygen atoms in total. The van der Waals surface area contributed by atoms with E-state index in [2.05, 4.69) is 19.2 Å². The Kier molecular flexibility index (Phi) is 5.91. The van der Waals surface area contributed by atoms with Crippen LogP contribution in [0.15, 0.2) is 42.5 Å². The molecule has 2 aromatic carbocycles. The zero-order valence-electron chi connectivity index (χ0n) is 13.3. The van der Waals surface area contributed by atoms with E-state index in [4.69, 9.17) is 27.9 Å². The number of nitrogens with one attached hydrogen (secondary N) is 1. The fourth-order valence-electron chi connectivity index (χ4n) is 2.01. The number of carbonyl (C=O) groups is 1. The minimum atomic E-state index is -0.682. The molecule has 0 unspecified atom stereocenters. The lowest BCUT2D eigenvalue weighted by Crippen LogP contribution is -2.30. The van der Waals surface area contributed by atoms with E-state index in [1.807, 2.05) is 24.3 Å². The summed E-state index contributed by atoms with van der Waals surface area (Å²) < 4.78 is 5.59. The molecule has 0 bridgehead atoms. The predicted molar refractivity (Wildman–Crippen MR) is 95.7 cm³/mol. The van der Waals surface area contributed by atoms with E-state index >= 15 is 0 Å². The van der Waals surface area contributed by atoms with E-state index in [0.29, 0.717) is 21.7 Å². The smallest absolute Gasteiger partial charge is 0.265 e. The maximum absolute atomic E-state index is 12.2. The van der Waals surface area contributed by atoms with Gasteiger partial charge >= 0.3 is 0 Å².